The lowest BCUT2D eigenvalue weighted by molar-refractivity contribution is -0.131. The average Bonchev–Trinajstić information content (AvgIpc) is 2.36. The minimum Gasteiger partial charge on any atom is -0.478 e. The third-order valence-electron chi connectivity index (χ3n) is 3.06. The van der Waals surface area contributed by atoms with E-state index in [0.717, 1.165) is 11.1 Å². The molecule has 0 atom stereocenters. The maximum atomic E-state index is 12.3. The van der Waals surface area contributed by atoms with E-state index in [9.17, 15) is 9.59 Å². The van der Waals surface area contributed by atoms with Gasteiger partial charge < -0.3 is 9.84 Å². The average molecular weight is 289 g/mol. The first kappa shape index (κ1) is 15.1. The number of amides is 1. The molecule has 1 aliphatic heterocycles. The van der Waals surface area contributed by atoms with Gasteiger partial charge in [-0.1, -0.05) is 18.2 Å². The fourth-order valence-electron chi connectivity index (χ4n) is 2.27. The van der Waals surface area contributed by atoms with Crippen molar-refractivity contribution < 1.29 is 19.4 Å². The van der Waals surface area contributed by atoms with E-state index in [2.05, 4.69) is 0 Å². The van der Waals surface area contributed by atoms with Crippen LogP contribution in [-0.2, 0) is 9.53 Å². The van der Waals surface area contributed by atoms with Crippen molar-refractivity contribution >= 4 is 23.3 Å². The molecule has 1 aromatic rings. The van der Waals surface area contributed by atoms with Crippen molar-refractivity contribution in [1.29, 1.82) is 0 Å². The minimum absolute atomic E-state index is 0.408. The van der Waals surface area contributed by atoms with Gasteiger partial charge in [-0.2, -0.15) is 0 Å². The van der Waals surface area contributed by atoms with E-state index in [-0.39, 0.29) is 0 Å². The number of carboxylic acids is 1. The molecular formula is C16H19NO4. The largest absolute Gasteiger partial charge is 0.478 e. The molecule has 5 nitrogen and oxygen atoms in total. The van der Waals surface area contributed by atoms with Gasteiger partial charge in [0.1, 0.15) is 5.60 Å². The Morgan fingerprint density at radius 3 is 2.57 bits per heavy atom. The molecule has 0 bridgehead atoms. The van der Waals surface area contributed by atoms with Crippen molar-refractivity contribution in [1.82, 2.24) is 0 Å². The second kappa shape index (κ2) is 5.60. The molecule has 1 heterocycles. The molecule has 1 aliphatic rings. The molecule has 1 aromatic carbocycles. The zero-order valence-electron chi connectivity index (χ0n) is 12.4. The zero-order valence-corrected chi connectivity index (χ0v) is 12.4. The summed E-state index contributed by atoms with van der Waals surface area (Å²) < 4.78 is 5.40. The molecule has 112 valence electrons. The van der Waals surface area contributed by atoms with Gasteiger partial charge in [-0.25, -0.2) is 9.59 Å². The maximum absolute atomic E-state index is 12.3. The number of rotatable bonds is 1. The summed E-state index contributed by atoms with van der Waals surface area (Å²) in [6.07, 6.45) is 1.28. The van der Waals surface area contributed by atoms with Gasteiger partial charge in [0.2, 0.25) is 0 Å². The molecule has 0 aliphatic carbocycles. The third kappa shape index (κ3) is 3.62. The van der Waals surface area contributed by atoms with Crippen LogP contribution in [0.25, 0.3) is 5.57 Å². The number of anilines is 1. The Labute approximate surface area is 123 Å². The molecule has 5 heteroatoms. The van der Waals surface area contributed by atoms with E-state index in [1.54, 1.807) is 11.0 Å². The zero-order chi connectivity index (χ0) is 15.6. The lowest BCUT2D eigenvalue weighted by Gasteiger charge is -2.32. The number of benzene rings is 1. The van der Waals surface area contributed by atoms with Crippen molar-refractivity contribution in [2.24, 2.45) is 0 Å². The van der Waals surface area contributed by atoms with E-state index in [0.29, 0.717) is 18.7 Å². The van der Waals surface area contributed by atoms with Crippen LogP contribution in [-0.4, -0.2) is 29.3 Å². The van der Waals surface area contributed by atoms with E-state index in [4.69, 9.17) is 9.84 Å². The summed E-state index contributed by atoms with van der Waals surface area (Å²) in [4.78, 5) is 24.7. The predicted octanol–water partition coefficient (Wildman–Crippen LogP) is 3.30. The molecule has 0 saturated heterocycles. The summed E-state index contributed by atoms with van der Waals surface area (Å²) in [5.74, 6) is -0.981. The molecule has 0 radical (unpaired) electrons. The van der Waals surface area contributed by atoms with Gasteiger partial charge in [0.05, 0.1) is 5.69 Å². The first-order valence-corrected chi connectivity index (χ1v) is 6.81. The second-order valence-electron chi connectivity index (χ2n) is 5.91. The van der Waals surface area contributed by atoms with E-state index in [1.807, 2.05) is 39.0 Å². The summed E-state index contributed by atoms with van der Waals surface area (Å²) in [6, 6.07) is 7.27. The van der Waals surface area contributed by atoms with E-state index < -0.39 is 17.7 Å². The number of hydrogen-bond donors (Lipinski definition) is 1. The lowest BCUT2D eigenvalue weighted by Crippen LogP contribution is -2.39. The second-order valence-corrected chi connectivity index (χ2v) is 5.91. The van der Waals surface area contributed by atoms with Gasteiger partial charge >= 0.3 is 12.1 Å². The Bertz CT molecular complexity index is 599. The molecule has 2 rings (SSSR count). The number of aliphatic carboxylic acids is 1. The first-order chi connectivity index (χ1) is 9.78. The summed E-state index contributed by atoms with van der Waals surface area (Å²) in [5, 5.41) is 8.94. The highest BCUT2D eigenvalue weighted by atomic mass is 16.6. The highest BCUT2D eigenvalue weighted by Crippen LogP contribution is 2.35. The van der Waals surface area contributed by atoms with Crippen LogP contribution in [0.4, 0.5) is 10.5 Å². The molecule has 1 amide bonds. The van der Waals surface area contributed by atoms with Crippen LogP contribution >= 0.6 is 0 Å². The highest BCUT2D eigenvalue weighted by Gasteiger charge is 2.28. The van der Waals surface area contributed by atoms with Gasteiger partial charge in [0, 0.05) is 18.2 Å². The van der Waals surface area contributed by atoms with Crippen LogP contribution in [0.1, 0.15) is 32.8 Å². The third-order valence-corrected chi connectivity index (χ3v) is 3.06. The Morgan fingerprint density at radius 1 is 1.29 bits per heavy atom. The van der Waals surface area contributed by atoms with Gasteiger partial charge in [0.15, 0.2) is 0 Å². The summed E-state index contributed by atoms with van der Waals surface area (Å²) in [7, 11) is 0. The number of carbonyl (C=O) groups is 2. The minimum atomic E-state index is -0.981. The van der Waals surface area contributed by atoms with E-state index in [1.165, 1.54) is 6.08 Å². The van der Waals surface area contributed by atoms with Crippen molar-refractivity contribution in [3.8, 4) is 0 Å². The normalized spacial score (nSPS) is 16.5. The van der Waals surface area contributed by atoms with Crippen LogP contribution in [0.5, 0.6) is 0 Å². The molecule has 1 N–H and O–H groups in total. The number of para-hydroxylation sites is 1. The molecule has 0 unspecified atom stereocenters. The standard InChI is InChI=1S/C16H19NO4/c1-16(2,3)21-15(20)17-9-8-11(10-14(18)19)12-6-4-5-7-13(12)17/h4-7,10H,8-9H2,1-3H3,(H,18,19)/b11-10+. The highest BCUT2D eigenvalue weighted by molar-refractivity contribution is 5.98. The van der Waals surface area contributed by atoms with Gasteiger partial charge in [0.25, 0.3) is 0 Å². The van der Waals surface area contributed by atoms with Crippen molar-refractivity contribution in [3.63, 3.8) is 0 Å². The topological polar surface area (TPSA) is 66.8 Å². The Hall–Kier alpha value is -2.30. The fraction of sp³-hybridized carbons (Fsp3) is 0.375. The number of carboxylic acid groups (broad SMARTS) is 1. The quantitative estimate of drug-likeness (QED) is 0.805. The van der Waals surface area contributed by atoms with Crippen molar-refractivity contribution in [2.75, 3.05) is 11.4 Å². The number of ether oxygens (including phenoxy) is 1. The predicted molar refractivity (Wildman–Crippen MR) is 80.3 cm³/mol. The molecular weight excluding hydrogens is 270 g/mol. The van der Waals surface area contributed by atoms with Crippen LogP contribution in [0.15, 0.2) is 30.3 Å². The number of fused-ring (bicyclic) bond motifs is 1. The Balaban J connectivity index is 2.36. The van der Waals surface area contributed by atoms with Crippen molar-refractivity contribution in [3.05, 3.63) is 35.9 Å². The Morgan fingerprint density at radius 2 is 1.95 bits per heavy atom. The smallest absolute Gasteiger partial charge is 0.414 e. The molecule has 0 spiro atoms. The van der Waals surface area contributed by atoms with Crippen LogP contribution in [0.3, 0.4) is 0 Å². The van der Waals surface area contributed by atoms with Gasteiger partial charge in [-0.15, -0.1) is 0 Å². The van der Waals surface area contributed by atoms with Crippen molar-refractivity contribution in [2.45, 2.75) is 32.8 Å². The molecule has 0 fully saturated rings. The van der Waals surface area contributed by atoms with Gasteiger partial charge in [-0.3, -0.25) is 4.90 Å². The van der Waals surface area contributed by atoms with Crippen LogP contribution < -0.4 is 4.90 Å². The molecule has 0 saturated carbocycles. The SMILES string of the molecule is CC(C)(C)OC(=O)N1CC/C(=C\C(=O)O)c2ccccc21. The van der Waals surface area contributed by atoms with Gasteiger partial charge in [-0.05, 0) is 38.8 Å². The number of hydrogen-bond acceptors (Lipinski definition) is 3. The summed E-state index contributed by atoms with van der Waals surface area (Å²) in [5.41, 5.74) is 1.60. The summed E-state index contributed by atoms with van der Waals surface area (Å²) >= 11 is 0. The van der Waals surface area contributed by atoms with Crippen LogP contribution in [0, 0.1) is 0 Å². The monoisotopic (exact) mass is 289 g/mol. The first-order valence-electron chi connectivity index (χ1n) is 6.81. The fourth-order valence-corrected chi connectivity index (χ4v) is 2.27. The molecule has 0 aromatic heterocycles. The van der Waals surface area contributed by atoms with Crippen LogP contribution in [0.2, 0.25) is 0 Å². The Kier molecular flexibility index (Phi) is 4.02. The number of nitrogens with zero attached hydrogens (tertiary/aromatic N) is 1. The summed E-state index contributed by atoms with van der Waals surface area (Å²) in [6.45, 7) is 5.86. The maximum Gasteiger partial charge on any atom is 0.414 e. The lowest BCUT2D eigenvalue weighted by atomic mass is 9.96. The number of carbonyl (C=O) groups excluding carboxylic acids is 1. The van der Waals surface area contributed by atoms with E-state index >= 15 is 0 Å². The molecule has 21 heavy (non-hydrogen) atoms.